The SMILES string of the molecule is CCN(CC)P(C)(=O)OC(C)C.NC(=O)OCCO. The van der Waals surface area contributed by atoms with Crippen LogP contribution in [0.1, 0.15) is 27.7 Å². The molecule has 0 aromatic heterocycles. The summed E-state index contributed by atoms with van der Waals surface area (Å²) < 4.78 is 23.2. The van der Waals surface area contributed by atoms with Gasteiger partial charge >= 0.3 is 6.09 Å². The fourth-order valence-electron chi connectivity index (χ4n) is 1.34. The second-order valence-corrected chi connectivity index (χ2v) is 6.37. The predicted octanol–water partition coefficient (Wildman–Crippen LogP) is 1.65. The maximum absolute atomic E-state index is 11.9. The molecule has 19 heavy (non-hydrogen) atoms. The van der Waals surface area contributed by atoms with E-state index in [1.54, 1.807) is 6.66 Å². The van der Waals surface area contributed by atoms with Crippen LogP contribution >= 0.6 is 7.52 Å². The third-order valence-corrected chi connectivity index (χ3v) is 4.39. The van der Waals surface area contributed by atoms with Crippen LogP contribution in [0.5, 0.6) is 0 Å². The lowest BCUT2D eigenvalue weighted by atomic mass is 10.5. The Labute approximate surface area is 115 Å². The van der Waals surface area contributed by atoms with Gasteiger partial charge in [-0.15, -0.1) is 0 Å². The van der Waals surface area contributed by atoms with E-state index >= 15 is 0 Å². The number of primary amides is 1. The standard InChI is InChI=1S/C8H20NO2P.C3H7NO3/c1-6-9(7-2)12(5,10)11-8(3)4;4-3(6)7-2-1-5/h8H,6-7H2,1-5H3;5H,1-2H2,(H2,4,6). The van der Waals surface area contributed by atoms with Crippen LogP contribution in [0.15, 0.2) is 0 Å². The fraction of sp³-hybridized carbons (Fsp3) is 0.909. The second kappa shape index (κ2) is 11.2. The van der Waals surface area contributed by atoms with Crippen LogP contribution < -0.4 is 5.73 Å². The molecule has 7 nitrogen and oxygen atoms in total. The average Bonchev–Trinajstić information content (AvgIpc) is 2.26. The van der Waals surface area contributed by atoms with Gasteiger partial charge < -0.3 is 20.1 Å². The topological polar surface area (TPSA) is 102 Å². The number of carbonyl (C=O) groups excluding carboxylic acids is 1. The Morgan fingerprint density at radius 2 is 1.84 bits per heavy atom. The molecule has 0 saturated heterocycles. The summed E-state index contributed by atoms with van der Waals surface area (Å²) in [5, 5.41) is 7.98. The lowest BCUT2D eigenvalue weighted by Gasteiger charge is -2.27. The third-order valence-electron chi connectivity index (χ3n) is 1.99. The summed E-state index contributed by atoms with van der Waals surface area (Å²) in [6.45, 7) is 10.8. The van der Waals surface area contributed by atoms with E-state index in [0.717, 1.165) is 13.1 Å². The molecule has 0 aliphatic rings. The highest BCUT2D eigenvalue weighted by atomic mass is 31.2. The number of carbonyl (C=O) groups is 1. The number of aliphatic hydroxyl groups is 1. The molecule has 0 fully saturated rings. The first-order chi connectivity index (χ1) is 8.71. The molecule has 0 aromatic rings. The van der Waals surface area contributed by atoms with Gasteiger partial charge in [0.1, 0.15) is 6.61 Å². The average molecular weight is 298 g/mol. The van der Waals surface area contributed by atoms with E-state index in [1.165, 1.54) is 0 Å². The molecule has 0 bridgehead atoms. The Balaban J connectivity index is 0. The first kappa shape index (κ1) is 20.7. The Morgan fingerprint density at radius 1 is 1.37 bits per heavy atom. The van der Waals surface area contributed by atoms with Crippen LogP contribution in [0.2, 0.25) is 0 Å². The van der Waals surface area contributed by atoms with Crippen molar-refractivity contribution in [3.8, 4) is 0 Å². The van der Waals surface area contributed by atoms with Crippen LogP contribution in [-0.4, -0.2) is 54.9 Å². The third kappa shape index (κ3) is 12.2. The minimum Gasteiger partial charge on any atom is -0.447 e. The molecule has 0 heterocycles. The van der Waals surface area contributed by atoms with Crippen molar-refractivity contribution in [3.05, 3.63) is 0 Å². The summed E-state index contributed by atoms with van der Waals surface area (Å²) in [6.07, 6.45) is -0.824. The van der Waals surface area contributed by atoms with Gasteiger partial charge in [-0.1, -0.05) is 13.8 Å². The molecule has 0 spiro atoms. The van der Waals surface area contributed by atoms with Crippen molar-refractivity contribution in [2.24, 2.45) is 5.73 Å². The predicted molar refractivity (Wildman–Crippen MR) is 75.3 cm³/mol. The first-order valence-electron chi connectivity index (χ1n) is 6.25. The Hall–Kier alpha value is -0.620. The number of nitrogens with zero attached hydrogens (tertiary/aromatic N) is 1. The Morgan fingerprint density at radius 3 is 2.05 bits per heavy atom. The first-order valence-corrected chi connectivity index (χ1v) is 8.28. The molecule has 0 aliphatic carbocycles. The van der Waals surface area contributed by atoms with Gasteiger partial charge in [0.15, 0.2) is 0 Å². The molecule has 3 N–H and O–H groups in total. The number of aliphatic hydroxyl groups excluding tert-OH is 1. The molecular formula is C11H27N2O5P. The number of ether oxygens (including phenoxy) is 1. The molecule has 0 radical (unpaired) electrons. The smallest absolute Gasteiger partial charge is 0.404 e. The van der Waals surface area contributed by atoms with Crippen LogP contribution in [0.3, 0.4) is 0 Å². The molecule has 1 unspecified atom stereocenters. The van der Waals surface area contributed by atoms with Crippen LogP contribution in [-0.2, 0) is 13.8 Å². The molecule has 116 valence electrons. The van der Waals surface area contributed by atoms with Crippen LogP contribution in [0, 0.1) is 0 Å². The van der Waals surface area contributed by atoms with Gasteiger partial charge in [-0.25, -0.2) is 9.46 Å². The highest BCUT2D eigenvalue weighted by Crippen LogP contribution is 2.47. The normalized spacial score (nSPS) is 13.7. The lowest BCUT2D eigenvalue weighted by Crippen LogP contribution is -2.21. The molecule has 8 heteroatoms. The van der Waals surface area contributed by atoms with Gasteiger partial charge in [0.2, 0.25) is 0 Å². The summed E-state index contributed by atoms with van der Waals surface area (Å²) in [4.78, 5) is 9.65. The monoisotopic (exact) mass is 298 g/mol. The summed E-state index contributed by atoms with van der Waals surface area (Å²) in [6, 6.07) is 0. The van der Waals surface area contributed by atoms with E-state index in [4.69, 9.17) is 9.63 Å². The van der Waals surface area contributed by atoms with Crippen molar-refractivity contribution in [2.45, 2.75) is 33.8 Å². The second-order valence-electron chi connectivity index (χ2n) is 3.99. The number of rotatable bonds is 7. The Kier molecular flexibility index (Phi) is 12.2. The van der Waals surface area contributed by atoms with E-state index in [2.05, 4.69) is 10.5 Å². The number of hydrogen-bond acceptors (Lipinski definition) is 5. The van der Waals surface area contributed by atoms with Gasteiger partial charge in [0.05, 0.1) is 12.7 Å². The summed E-state index contributed by atoms with van der Waals surface area (Å²) >= 11 is 0. The molecule has 1 amide bonds. The minimum absolute atomic E-state index is 0.0185. The highest BCUT2D eigenvalue weighted by Gasteiger charge is 2.24. The summed E-state index contributed by atoms with van der Waals surface area (Å²) in [7, 11) is -2.53. The summed E-state index contributed by atoms with van der Waals surface area (Å²) in [5.41, 5.74) is 4.51. The van der Waals surface area contributed by atoms with Crippen molar-refractivity contribution in [2.75, 3.05) is 33.0 Å². The molecule has 0 aliphatic heterocycles. The zero-order valence-electron chi connectivity index (χ0n) is 12.5. The van der Waals surface area contributed by atoms with Crippen molar-refractivity contribution in [3.63, 3.8) is 0 Å². The minimum atomic E-state index is -2.53. The molecule has 0 saturated carbocycles. The van der Waals surface area contributed by atoms with Gasteiger partial charge in [0.25, 0.3) is 7.52 Å². The summed E-state index contributed by atoms with van der Waals surface area (Å²) in [5.74, 6) is 0. The number of amides is 1. The molecule has 1 atom stereocenters. The zero-order chi connectivity index (χ0) is 15.5. The van der Waals surface area contributed by atoms with E-state index in [1.807, 2.05) is 32.4 Å². The van der Waals surface area contributed by atoms with Crippen LogP contribution in [0.4, 0.5) is 4.79 Å². The quantitative estimate of drug-likeness (QED) is 0.693. The van der Waals surface area contributed by atoms with E-state index < -0.39 is 13.6 Å². The lowest BCUT2D eigenvalue weighted by molar-refractivity contribution is 0.127. The largest absolute Gasteiger partial charge is 0.447 e. The van der Waals surface area contributed by atoms with Crippen molar-refractivity contribution in [1.82, 2.24) is 4.67 Å². The van der Waals surface area contributed by atoms with Gasteiger partial charge in [-0.2, -0.15) is 0 Å². The van der Waals surface area contributed by atoms with Crippen molar-refractivity contribution < 1.29 is 23.7 Å². The van der Waals surface area contributed by atoms with Gasteiger partial charge in [-0.05, 0) is 13.8 Å². The van der Waals surface area contributed by atoms with Crippen molar-refractivity contribution >= 4 is 13.6 Å². The maximum Gasteiger partial charge on any atom is 0.404 e. The molecular weight excluding hydrogens is 271 g/mol. The maximum atomic E-state index is 11.9. The highest BCUT2D eigenvalue weighted by molar-refractivity contribution is 7.55. The molecule has 0 rings (SSSR count). The number of hydrogen-bond donors (Lipinski definition) is 2. The Bertz CT molecular complexity index is 282. The van der Waals surface area contributed by atoms with Crippen LogP contribution in [0.25, 0.3) is 0 Å². The van der Waals surface area contributed by atoms with Gasteiger partial charge in [0, 0.05) is 19.8 Å². The van der Waals surface area contributed by atoms with Gasteiger partial charge in [-0.3, -0.25) is 4.57 Å². The van der Waals surface area contributed by atoms with E-state index in [9.17, 15) is 9.36 Å². The van der Waals surface area contributed by atoms with E-state index in [0.29, 0.717) is 0 Å². The fourth-order valence-corrected chi connectivity index (χ4v) is 3.28. The van der Waals surface area contributed by atoms with Crippen molar-refractivity contribution in [1.29, 1.82) is 0 Å². The van der Waals surface area contributed by atoms with E-state index in [-0.39, 0.29) is 19.3 Å². The number of nitrogens with two attached hydrogens (primary N) is 1. The molecule has 0 aromatic carbocycles. The zero-order valence-corrected chi connectivity index (χ0v) is 13.4.